The number of nitrogens with one attached hydrogen (secondary N) is 2. The van der Waals surface area contributed by atoms with E-state index in [4.69, 9.17) is 0 Å². The number of hydrogen-bond acceptors (Lipinski definition) is 3. The molecule has 1 amide bonds. The van der Waals surface area contributed by atoms with Crippen molar-refractivity contribution in [3.05, 3.63) is 0 Å². The van der Waals surface area contributed by atoms with Crippen LogP contribution in [0.15, 0.2) is 0 Å². The van der Waals surface area contributed by atoms with Crippen molar-refractivity contribution in [1.29, 1.82) is 0 Å². The summed E-state index contributed by atoms with van der Waals surface area (Å²) in [6, 6.07) is 1.02. The first-order valence-electron chi connectivity index (χ1n) is 6.41. The summed E-state index contributed by atoms with van der Waals surface area (Å²) in [4.78, 5) is 14.3. The van der Waals surface area contributed by atoms with Gasteiger partial charge in [-0.05, 0) is 46.2 Å². The quantitative estimate of drug-likeness (QED) is 0.712. The molecule has 0 spiro atoms. The molecular weight excluding hydrogens is 202 g/mol. The third-order valence-electron chi connectivity index (χ3n) is 3.93. The van der Waals surface area contributed by atoms with Crippen molar-refractivity contribution in [2.45, 2.75) is 50.7 Å². The van der Waals surface area contributed by atoms with Crippen LogP contribution in [-0.2, 0) is 4.79 Å². The van der Waals surface area contributed by atoms with Crippen LogP contribution in [0.25, 0.3) is 0 Å². The fourth-order valence-electron chi connectivity index (χ4n) is 2.63. The van der Waals surface area contributed by atoms with Crippen molar-refractivity contribution < 1.29 is 4.79 Å². The minimum Gasteiger partial charge on any atom is -0.352 e. The normalized spacial score (nSPS) is 36.2. The van der Waals surface area contributed by atoms with E-state index in [2.05, 4.69) is 29.5 Å². The second-order valence-electron chi connectivity index (χ2n) is 5.21. The van der Waals surface area contributed by atoms with Crippen LogP contribution >= 0.6 is 0 Å². The molecule has 3 atom stereocenters. The zero-order valence-corrected chi connectivity index (χ0v) is 10.3. The van der Waals surface area contributed by atoms with E-state index in [1.807, 2.05) is 0 Å². The highest BCUT2D eigenvalue weighted by Gasteiger charge is 2.27. The predicted octanol–water partition coefficient (Wildman–Crippen LogP) is 0.337. The Morgan fingerprint density at radius 3 is 2.88 bits per heavy atom. The lowest BCUT2D eigenvalue weighted by Gasteiger charge is -2.35. The summed E-state index contributed by atoms with van der Waals surface area (Å²) in [5.41, 5.74) is 0. The standard InChI is InChI=1S/C12H23N3O/c1-9-8-10(5-7-15(9)2)14-12(16)11-4-3-6-13-11/h9-11,13H,3-8H2,1-2H3,(H,14,16). The van der Waals surface area contributed by atoms with E-state index in [9.17, 15) is 4.79 Å². The Balaban J connectivity index is 1.78. The van der Waals surface area contributed by atoms with Gasteiger partial charge in [0.1, 0.15) is 0 Å². The molecule has 2 rings (SSSR count). The molecule has 0 saturated carbocycles. The molecular formula is C12H23N3O. The molecule has 2 saturated heterocycles. The number of hydrogen-bond donors (Lipinski definition) is 2. The first-order valence-corrected chi connectivity index (χ1v) is 6.41. The van der Waals surface area contributed by atoms with Crippen LogP contribution in [0.2, 0.25) is 0 Å². The molecule has 4 nitrogen and oxygen atoms in total. The molecule has 2 aliphatic heterocycles. The molecule has 3 unspecified atom stereocenters. The van der Waals surface area contributed by atoms with Crippen molar-refractivity contribution in [3.63, 3.8) is 0 Å². The van der Waals surface area contributed by atoms with Gasteiger partial charge in [0, 0.05) is 18.6 Å². The molecule has 0 radical (unpaired) electrons. The Labute approximate surface area is 97.8 Å². The molecule has 0 aromatic rings. The van der Waals surface area contributed by atoms with Gasteiger partial charge in [-0.3, -0.25) is 4.79 Å². The van der Waals surface area contributed by atoms with Gasteiger partial charge >= 0.3 is 0 Å². The van der Waals surface area contributed by atoms with Gasteiger partial charge in [-0.25, -0.2) is 0 Å². The Kier molecular flexibility index (Phi) is 3.82. The van der Waals surface area contributed by atoms with Crippen molar-refractivity contribution >= 4 is 5.91 Å². The predicted molar refractivity (Wildman–Crippen MR) is 64.3 cm³/mol. The first-order chi connectivity index (χ1) is 7.66. The van der Waals surface area contributed by atoms with Crippen molar-refractivity contribution in [3.8, 4) is 0 Å². The maximum absolute atomic E-state index is 11.9. The summed E-state index contributed by atoms with van der Waals surface area (Å²) in [5.74, 6) is 0.208. The van der Waals surface area contributed by atoms with Crippen LogP contribution in [0.3, 0.4) is 0 Å². The summed E-state index contributed by atoms with van der Waals surface area (Å²) in [7, 11) is 2.15. The summed E-state index contributed by atoms with van der Waals surface area (Å²) in [6.07, 6.45) is 4.28. The van der Waals surface area contributed by atoms with E-state index in [1.165, 1.54) is 0 Å². The fraction of sp³-hybridized carbons (Fsp3) is 0.917. The van der Waals surface area contributed by atoms with Gasteiger partial charge < -0.3 is 15.5 Å². The van der Waals surface area contributed by atoms with Crippen molar-refractivity contribution in [2.24, 2.45) is 0 Å². The van der Waals surface area contributed by atoms with Gasteiger partial charge in [-0.1, -0.05) is 0 Å². The smallest absolute Gasteiger partial charge is 0.237 e. The number of amides is 1. The molecule has 0 bridgehead atoms. The minimum atomic E-state index is 0.0648. The van der Waals surface area contributed by atoms with Crippen LogP contribution in [0, 0.1) is 0 Å². The number of nitrogens with zero attached hydrogens (tertiary/aromatic N) is 1. The van der Waals surface area contributed by atoms with E-state index < -0.39 is 0 Å². The number of carbonyl (C=O) groups is 1. The lowest BCUT2D eigenvalue weighted by Crippen LogP contribution is -2.51. The Bertz CT molecular complexity index is 251. The third-order valence-corrected chi connectivity index (χ3v) is 3.93. The largest absolute Gasteiger partial charge is 0.352 e. The molecule has 2 N–H and O–H groups in total. The molecule has 2 fully saturated rings. The lowest BCUT2D eigenvalue weighted by atomic mass is 9.98. The summed E-state index contributed by atoms with van der Waals surface area (Å²) in [6.45, 7) is 4.30. The fourth-order valence-corrected chi connectivity index (χ4v) is 2.63. The summed E-state index contributed by atoms with van der Waals surface area (Å²) in [5, 5.41) is 6.43. The van der Waals surface area contributed by atoms with Crippen LogP contribution in [0.4, 0.5) is 0 Å². The molecule has 0 aliphatic carbocycles. The summed E-state index contributed by atoms with van der Waals surface area (Å²) >= 11 is 0. The van der Waals surface area contributed by atoms with Gasteiger partial charge in [-0.15, -0.1) is 0 Å². The minimum absolute atomic E-state index is 0.0648. The van der Waals surface area contributed by atoms with Crippen LogP contribution < -0.4 is 10.6 Å². The molecule has 92 valence electrons. The molecule has 2 heterocycles. The average molecular weight is 225 g/mol. The van der Waals surface area contributed by atoms with Crippen LogP contribution in [-0.4, -0.2) is 49.1 Å². The topological polar surface area (TPSA) is 44.4 Å². The van der Waals surface area contributed by atoms with Crippen LogP contribution in [0.5, 0.6) is 0 Å². The van der Waals surface area contributed by atoms with Crippen LogP contribution in [0.1, 0.15) is 32.6 Å². The number of carbonyl (C=O) groups excluding carboxylic acids is 1. The highest BCUT2D eigenvalue weighted by atomic mass is 16.2. The van der Waals surface area contributed by atoms with E-state index in [1.54, 1.807) is 0 Å². The molecule has 4 heteroatoms. The second kappa shape index (κ2) is 5.15. The van der Waals surface area contributed by atoms with Gasteiger partial charge in [0.05, 0.1) is 6.04 Å². The Morgan fingerprint density at radius 1 is 1.44 bits per heavy atom. The van der Waals surface area contributed by atoms with Gasteiger partial charge in [-0.2, -0.15) is 0 Å². The zero-order chi connectivity index (χ0) is 11.5. The third kappa shape index (κ3) is 2.74. The van der Waals surface area contributed by atoms with Crippen molar-refractivity contribution in [2.75, 3.05) is 20.1 Å². The number of rotatable bonds is 2. The van der Waals surface area contributed by atoms with E-state index in [-0.39, 0.29) is 11.9 Å². The number of likely N-dealkylation sites (tertiary alicyclic amines) is 1. The van der Waals surface area contributed by atoms with Crippen molar-refractivity contribution in [1.82, 2.24) is 15.5 Å². The highest BCUT2D eigenvalue weighted by Crippen LogP contribution is 2.16. The van der Waals surface area contributed by atoms with Gasteiger partial charge in [0.15, 0.2) is 0 Å². The Morgan fingerprint density at radius 2 is 2.25 bits per heavy atom. The molecule has 0 aromatic carbocycles. The van der Waals surface area contributed by atoms with Gasteiger partial charge in [0.2, 0.25) is 5.91 Å². The monoisotopic (exact) mass is 225 g/mol. The van der Waals surface area contributed by atoms with Gasteiger partial charge in [0.25, 0.3) is 0 Å². The molecule has 2 aliphatic rings. The second-order valence-corrected chi connectivity index (χ2v) is 5.21. The first kappa shape index (κ1) is 11.9. The van der Waals surface area contributed by atoms with E-state index >= 15 is 0 Å². The molecule has 0 aromatic heterocycles. The lowest BCUT2D eigenvalue weighted by molar-refractivity contribution is -0.123. The average Bonchev–Trinajstić information content (AvgIpc) is 2.77. The molecule has 16 heavy (non-hydrogen) atoms. The van der Waals surface area contributed by atoms with E-state index in [0.29, 0.717) is 12.1 Å². The maximum atomic E-state index is 11.9. The van der Waals surface area contributed by atoms with E-state index in [0.717, 1.165) is 38.8 Å². The Hall–Kier alpha value is -0.610. The SMILES string of the molecule is CC1CC(NC(=O)C2CCCN2)CCN1C. The zero-order valence-electron chi connectivity index (χ0n) is 10.3. The summed E-state index contributed by atoms with van der Waals surface area (Å²) < 4.78 is 0. The number of piperidine rings is 1. The highest BCUT2D eigenvalue weighted by molar-refractivity contribution is 5.82. The maximum Gasteiger partial charge on any atom is 0.237 e.